The average Bonchev–Trinajstić information content (AvgIpc) is 2.94. The number of hydrogen-bond donors (Lipinski definition) is 0. The fourth-order valence-electron chi connectivity index (χ4n) is 3.44. The van der Waals surface area contributed by atoms with Crippen molar-refractivity contribution in [3.8, 4) is 0 Å². The number of sulfonamides is 1. The van der Waals surface area contributed by atoms with Crippen molar-refractivity contribution in [2.45, 2.75) is 18.2 Å². The van der Waals surface area contributed by atoms with Crippen LogP contribution in [-0.2, 0) is 10.0 Å². The minimum Gasteiger partial charge on any atom is -0.336 e. The maximum Gasteiger partial charge on any atom is 0.274 e. The van der Waals surface area contributed by atoms with E-state index in [0.29, 0.717) is 30.9 Å². The second-order valence-electron chi connectivity index (χ2n) is 7.10. The summed E-state index contributed by atoms with van der Waals surface area (Å²) in [6, 6.07) is 8.62. The summed E-state index contributed by atoms with van der Waals surface area (Å²) in [7, 11) is -3.73. The normalized spacial score (nSPS) is 16.1. The highest BCUT2D eigenvalue weighted by molar-refractivity contribution is 7.89. The Hall–Kier alpha value is -2.78. The molecule has 29 heavy (non-hydrogen) atoms. The number of fused-ring (bicyclic) bond motifs is 1. The van der Waals surface area contributed by atoms with Crippen LogP contribution in [0, 0.1) is 12.7 Å². The molecule has 0 unspecified atom stereocenters. The van der Waals surface area contributed by atoms with E-state index in [0.717, 1.165) is 17.7 Å². The first-order chi connectivity index (χ1) is 13.8. The first-order valence-corrected chi connectivity index (χ1v) is 10.8. The highest BCUT2D eigenvalue weighted by atomic mass is 32.2. The molecular formula is C20H21FN4O3S. The summed E-state index contributed by atoms with van der Waals surface area (Å²) in [5.74, 6) is -0.702. The van der Waals surface area contributed by atoms with Crippen LogP contribution in [0.4, 0.5) is 4.39 Å². The van der Waals surface area contributed by atoms with Gasteiger partial charge in [0.05, 0.1) is 4.90 Å². The van der Waals surface area contributed by atoms with Crippen molar-refractivity contribution in [1.82, 2.24) is 18.6 Å². The number of halogens is 1. The van der Waals surface area contributed by atoms with Crippen LogP contribution in [0.15, 0.2) is 53.7 Å². The summed E-state index contributed by atoms with van der Waals surface area (Å²) >= 11 is 0. The zero-order valence-corrected chi connectivity index (χ0v) is 16.8. The summed E-state index contributed by atoms with van der Waals surface area (Å²) in [5, 5.41) is 0. The van der Waals surface area contributed by atoms with E-state index in [4.69, 9.17) is 0 Å². The molecule has 1 amide bonds. The third kappa shape index (κ3) is 3.88. The van der Waals surface area contributed by atoms with Crippen molar-refractivity contribution in [1.29, 1.82) is 0 Å². The fourth-order valence-corrected chi connectivity index (χ4v) is 4.91. The molecular weight excluding hydrogens is 395 g/mol. The number of pyridine rings is 1. The third-order valence-corrected chi connectivity index (χ3v) is 6.94. The topological polar surface area (TPSA) is 75.0 Å². The molecule has 0 bridgehead atoms. The van der Waals surface area contributed by atoms with Crippen LogP contribution >= 0.6 is 0 Å². The van der Waals surface area contributed by atoms with Crippen molar-refractivity contribution in [2.24, 2.45) is 0 Å². The molecule has 1 aliphatic rings. The van der Waals surface area contributed by atoms with Crippen molar-refractivity contribution < 1.29 is 17.6 Å². The van der Waals surface area contributed by atoms with E-state index in [1.807, 2.05) is 25.3 Å². The van der Waals surface area contributed by atoms with Gasteiger partial charge in [-0.25, -0.2) is 17.8 Å². The molecule has 3 heterocycles. The highest BCUT2D eigenvalue weighted by Gasteiger charge is 2.29. The Morgan fingerprint density at radius 3 is 2.59 bits per heavy atom. The summed E-state index contributed by atoms with van der Waals surface area (Å²) in [6.45, 7) is 3.15. The molecule has 0 radical (unpaired) electrons. The molecule has 1 saturated heterocycles. The molecule has 4 rings (SSSR count). The van der Waals surface area contributed by atoms with Gasteiger partial charge in [-0.2, -0.15) is 4.31 Å². The zero-order valence-electron chi connectivity index (χ0n) is 16.0. The van der Waals surface area contributed by atoms with Crippen LogP contribution in [0.25, 0.3) is 5.65 Å². The Bertz CT molecular complexity index is 1160. The first kappa shape index (κ1) is 19.5. The average molecular weight is 416 g/mol. The van der Waals surface area contributed by atoms with Gasteiger partial charge in [-0.3, -0.25) is 4.79 Å². The van der Waals surface area contributed by atoms with Gasteiger partial charge >= 0.3 is 0 Å². The minimum absolute atomic E-state index is 0.0504. The molecule has 1 aromatic carbocycles. The van der Waals surface area contributed by atoms with E-state index in [9.17, 15) is 17.6 Å². The lowest BCUT2D eigenvalue weighted by Crippen LogP contribution is -2.37. The van der Waals surface area contributed by atoms with Gasteiger partial charge in [0.1, 0.15) is 17.2 Å². The van der Waals surface area contributed by atoms with Gasteiger partial charge in [-0.05, 0) is 55.3 Å². The van der Waals surface area contributed by atoms with E-state index >= 15 is 0 Å². The molecule has 0 saturated carbocycles. The Kier molecular flexibility index (Phi) is 5.10. The van der Waals surface area contributed by atoms with Crippen molar-refractivity contribution in [2.75, 3.05) is 26.2 Å². The molecule has 2 aromatic heterocycles. The maximum atomic E-state index is 13.1. The van der Waals surface area contributed by atoms with E-state index < -0.39 is 15.8 Å². The van der Waals surface area contributed by atoms with Gasteiger partial charge in [-0.15, -0.1) is 0 Å². The predicted octanol–water partition coefficient (Wildman–Crippen LogP) is 2.32. The fraction of sp³-hybridized carbons (Fsp3) is 0.300. The van der Waals surface area contributed by atoms with Crippen LogP contribution in [0.1, 0.15) is 22.5 Å². The molecule has 7 nitrogen and oxygen atoms in total. The van der Waals surface area contributed by atoms with Crippen LogP contribution in [0.3, 0.4) is 0 Å². The Morgan fingerprint density at radius 2 is 1.83 bits per heavy atom. The highest BCUT2D eigenvalue weighted by Crippen LogP contribution is 2.19. The van der Waals surface area contributed by atoms with Crippen molar-refractivity contribution >= 4 is 21.6 Å². The van der Waals surface area contributed by atoms with E-state index in [2.05, 4.69) is 4.98 Å². The summed E-state index contributed by atoms with van der Waals surface area (Å²) in [4.78, 5) is 19.0. The number of aryl methyl sites for hydroxylation is 1. The molecule has 0 atom stereocenters. The first-order valence-electron chi connectivity index (χ1n) is 9.35. The minimum atomic E-state index is -3.73. The third-order valence-electron chi connectivity index (χ3n) is 5.03. The molecule has 0 aliphatic carbocycles. The number of benzene rings is 1. The molecule has 9 heteroatoms. The molecule has 0 N–H and O–H groups in total. The van der Waals surface area contributed by atoms with Gasteiger partial charge < -0.3 is 9.30 Å². The summed E-state index contributed by atoms with van der Waals surface area (Å²) in [5.41, 5.74) is 2.09. The lowest BCUT2D eigenvalue weighted by atomic mass is 10.3. The second-order valence-corrected chi connectivity index (χ2v) is 9.04. The van der Waals surface area contributed by atoms with Gasteiger partial charge in [-0.1, -0.05) is 0 Å². The maximum absolute atomic E-state index is 13.1. The Labute approximate surface area is 168 Å². The zero-order chi connectivity index (χ0) is 20.6. The Balaban J connectivity index is 1.50. The number of carbonyl (C=O) groups is 1. The lowest BCUT2D eigenvalue weighted by molar-refractivity contribution is 0.0759. The standard InChI is InChI=1S/C20H21FN4O3S/c1-15-7-10-24-14-18(22-19(24)13-15)20(26)23-8-2-9-25(12-11-23)29(27,28)17-5-3-16(21)4-6-17/h3-7,10,13-14H,2,8-9,11-12H2,1H3. The number of nitrogens with zero attached hydrogens (tertiary/aromatic N) is 4. The van der Waals surface area contributed by atoms with E-state index in [-0.39, 0.29) is 23.9 Å². The molecule has 0 spiro atoms. The van der Waals surface area contributed by atoms with Gasteiger partial charge in [0.25, 0.3) is 5.91 Å². The molecule has 3 aromatic rings. The van der Waals surface area contributed by atoms with Gasteiger partial charge in [0.2, 0.25) is 10.0 Å². The Morgan fingerprint density at radius 1 is 1.07 bits per heavy atom. The molecule has 1 fully saturated rings. The second kappa shape index (κ2) is 7.57. The number of aromatic nitrogens is 2. The van der Waals surface area contributed by atoms with Gasteiger partial charge in [0, 0.05) is 38.6 Å². The number of amides is 1. The quantitative estimate of drug-likeness (QED) is 0.657. The number of hydrogen-bond acceptors (Lipinski definition) is 4. The van der Waals surface area contributed by atoms with Crippen molar-refractivity contribution in [3.63, 3.8) is 0 Å². The largest absolute Gasteiger partial charge is 0.336 e. The van der Waals surface area contributed by atoms with E-state index in [1.165, 1.54) is 16.4 Å². The summed E-state index contributed by atoms with van der Waals surface area (Å²) in [6.07, 6.45) is 4.06. The number of carbonyl (C=O) groups excluding carboxylic acids is 1. The SMILES string of the molecule is Cc1ccn2cc(C(=O)N3CCCN(S(=O)(=O)c4ccc(F)cc4)CC3)nc2c1. The van der Waals surface area contributed by atoms with Crippen LogP contribution in [0.5, 0.6) is 0 Å². The van der Waals surface area contributed by atoms with Crippen molar-refractivity contribution in [3.05, 3.63) is 65.9 Å². The predicted molar refractivity (Wildman–Crippen MR) is 106 cm³/mol. The van der Waals surface area contributed by atoms with E-state index in [1.54, 1.807) is 15.5 Å². The summed E-state index contributed by atoms with van der Waals surface area (Å²) < 4.78 is 41.9. The van der Waals surface area contributed by atoms with Gasteiger partial charge in [0.15, 0.2) is 0 Å². The molecule has 152 valence electrons. The monoisotopic (exact) mass is 416 g/mol. The number of imidazole rings is 1. The smallest absolute Gasteiger partial charge is 0.274 e. The molecule has 1 aliphatic heterocycles. The van der Waals surface area contributed by atoms with Crippen LogP contribution in [0.2, 0.25) is 0 Å². The van der Waals surface area contributed by atoms with Crippen LogP contribution in [-0.4, -0.2) is 59.1 Å². The lowest BCUT2D eigenvalue weighted by Gasteiger charge is -2.21. The van der Waals surface area contributed by atoms with Crippen LogP contribution < -0.4 is 0 Å². The number of rotatable bonds is 3.